The largest absolute Gasteiger partial charge is 0.469 e. The molecule has 0 aromatic heterocycles. The summed E-state index contributed by atoms with van der Waals surface area (Å²) in [6, 6.07) is 8.87. The van der Waals surface area contributed by atoms with Gasteiger partial charge in [0, 0.05) is 5.82 Å². The van der Waals surface area contributed by atoms with Crippen LogP contribution in [-0.2, 0) is 9.53 Å². The summed E-state index contributed by atoms with van der Waals surface area (Å²) in [5.74, 6) is -1.10. The highest BCUT2D eigenvalue weighted by Crippen LogP contribution is 2.20. The summed E-state index contributed by atoms with van der Waals surface area (Å²) in [6.45, 7) is 0. The van der Waals surface area contributed by atoms with Crippen LogP contribution in [0.15, 0.2) is 30.3 Å². The van der Waals surface area contributed by atoms with E-state index in [-0.39, 0.29) is 6.42 Å². The number of hydrogen-bond acceptors (Lipinski definition) is 4. The second kappa shape index (κ2) is 5.53. The Hall–Kier alpha value is -1.33. The van der Waals surface area contributed by atoms with Gasteiger partial charge in [-0.2, -0.15) is 0 Å². The molecule has 1 unspecified atom stereocenters. The molecule has 0 bridgehead atoms. The Balaban J connectivity index is 2.79. The predicted molar refractivity (Wildman–Crippen MR) is 56.0 cm³/mol. The molecule has 0 heterocycles. The molecule has 0 aliphatic heterocycles. The molecule has 0 saturated heterocycles. The Labute approximate surface area is 88.6 Å². The monoisotopic (exact) mass is 208 g/mol. The number of rotatable bonds is 4. The van der Waals surface area contributed by atoms with E-state index in [1.807, 2.05) is 6.07 Å². The zero-order valence-corrected chi connectivity index (χ0v) is 8.46. The minimum absolute atomic E-state index is 0.0435. The fourth-order valence-corrected chi connectivity index (χ4v) is 1.36. The molecule has 1 atom stereocenters. The summed E-state index contributed by atoms with van der Waals surface area (Å²) in [4.78, 5) is 11.1. The summed E-state index contributed by atoms with van der Waals surface area (Å²) in [6.07, 6.45) is -0.0435. The molecule has 5 heteroatoms. The molecule has 15 heavy (non-hydrogen) atoms. The Morgan fingerprint density at radius 2 is 2.00 bits per heavy atom. The van der Waals surface area contributed by atoms with Crippen molar-refractivity contribution in [2.45, 2.75) is 12.2 Å². The second-order valence-corrected chi connectivity index (χ2v) is 3.21. The summed E-state index contributed by atoms with van der Waals surface area (Å²) < 4.78 is 4.49. The van der Waals surface area contributed by atoms with Gasteiger partial charge in [0.2, 0.25) is 0 Å². The molecular weight excluding hydrogens is 195 g/mol. The van der Waals surface area contributed by atoms with Crippen LogP contribution >= 0.6 is 0 Å². The lowest BCUT2D eigenvalue weighted by atomic mass is 9.67. The number of methoxy groups -OCH3 is 1. The first kappa shape index (κ1) is 11.7. The van der Waals surface area contributed by atoms with Gasteiger partial charge in [0.15, 0.2) is 0 Å². The molecule has 0 amide bonds. The molecule has 1 aromatic carbocycles. The van der Waals surface area contributed by atoms with E-state index < -0.39 is 18.9 Å². The molecule has 0 aliphatic rings. The Bertz CT molecular complexity index is 312. The standard InChI is InChI=1S/C10H13BO4/c1-15-10(12)7-9(11(13)14)8-5-3-2-4-6-8/h2-6,9,13-14H,7H2,1H3. The van der Waals surface area contributed by atoms with Gasteiger partial charge in [0.1, 0.15) is 0 Å². The van der Waals surface area contributed by atoms with Crippen LogP contribution in [-0.4, -0.2) is 30.2 Å². The third-order valence-corrected chi connectivity index (χ3v) is 2.20. The number of carbonyl (C=O) groups is 1. The second-order valence-electron chi connectivity index (χ2n) is 3.21. The molecule has 1 aromatic rings. The summed E-state index contributed by atoms with van der Waals surface area (Å²) in [5, 5.41) is 18.3. The van der Waals surface area contributed by atoms with Crippen molar-refractivity contribution in [1.82, 2.24) is 0 Å². The van der Waals surface area contributed by atoms with Crippen LogP contribution < -0.4 is 0 Å². The van der Waals surface area contributed by atoms with Crippen molar-refractivity contribution >= 4 is 13.1 Å². The Morgan fingerprint density at radius 3 is 2.47 bits per heavy atom. The van der Waals surface area contributed by atoms with E-state index in [1.165, 1.54) is 7.11 Å². The maximum atomic E-state index is 11.1. The molecule has 80 valence electrons. The van der Waals surface area contributed by atoms with Crippen molar-refractivity contribution in [3.63, 3.8) is 0 Å². The maximum absolute atomic E-state index is 11.1. The van der Waals surface area contributed by atoms with E-state index in [0.29, 0.717) is 5.56 Å². The van der Waals surface area contributed by atoms with Crippen molar-refractivity contribution in [3.8, 4) is 0 Å². The molecule has 0 saturated carbocycles. The number of hydrogen-bond donors (Lipinski definition) is 2. The van der Waals surface area contributed by atoms with Gasteiger partial charge in [0.25, 0.3) is 0 Å². The van der Waals surface area contributed by atoms with Crippen LogP contribution in [0.25, 0.3) is 0 Å². The van der Waals surface area contributed by atoms with Crippen molar-refractivity contribution in [3.05, 3.63) is 35.9 Å². The van der Waals surface area contributed by atoms with Gasteiger partial charge in [0.05, 0.1) is 13.5 Å². The molecule has 2 N–H and O–H groups in total. The van der Waals surface area contributed by atoms with Crippen LogP contribution in [0.2, 0.25) is 0 Å². The van der Waals surface area contributed by atoms with Crippen molar-refractivity contribution in [2.24, 2.45) is 0 Å². The lowest BCUT2D eigenvalue weighted by Gasteiger charge is -2.14. The van der Waals surface area contributed by atoms with E-state index in [0.717, 1.165) is 0 Å². The quantitative estimate of drug-likeness (QED) is 0.553. The number of ether oxygens (including phenoxy) is 1. The normalized spacial score (nSPS) is 11.9. The van der Waals surface area contributed by atoms with Crippen LogP contribution in [0.4, 0.5) is 0 Å². The third-order valence-electron chi connectivity index (χ3n) is 2.20. The zero-order valence-electron chi connectivity index (χ0n) is 8.46. The van der Waals surface area contributed by atoms with E-state index in [1.54, 1.807) is 24.3 Å². The molecule has 0 radical (unpaired) electrons. The minimum Gasteiger partial charge on any atom is -0.469 e. The number of esters is 1. The first-order valence-corrected chi connectivity index (χ1v) is 4.63. The van der Waals surface area contributed by atoms with Crippen molar-refractivity contribution in [1.29, 1.82) is 0 Å². The topological polar surface area (TPSA) is 66.8 Å². The average molecular weight is 208 g/mol. The molecule has 4 nitrogen and oxygen atoms in total. The molecule has 1 rings (SSSR count). The van der Waals surface area contributed by atoms with Crippen molar-refractivity contribution < 1.29 is 19.6 Å². The lowest BCUT2D eigenvalue weighted by Crippen LogP contribution is -2.26. The van der Waals surface area contributed by atoms with Crippen LogP contribution in [0.3, 0.4) is 0 Å². The highest BCUT2D eigenvalue weighted by molar-refractivity contribution is 6.43. The first-order chi connectivity index (χ1) is 7.15. The van der Waals surface area contributed by atoms with Gasteiger partial charge in [-0.05, 0) is 5.56 Å². The van der Waals surface area contributed by atoms with Gasteiger partial charge in [-0.15, -0.1) is 0 Å². The number of benzene rings is 1. The van der Waals surface area contributed by atoms with E-state index in [2.05, 4.69) is 4.74 Å². The lowest BCUT2D eigenvalue weighted by molar-refractivity contribution is -0.140. The van der Waals surface area contributed by atoms with Gasteiger partial charge in [-0.3, -0.25) is 4.79 Å². The van der Waals surface area contributed by atoms with Gasteiger partial charge in [-0.25, -0.2) is 0 Å². The highest BCUT2D eigenvalue weighted by Gasteiger charge is 2.27. The van der Waals surface area contributed by atoms with Crippen LogP contribution in [0, 0.1) is 0 Å². The van der Waals surface area contributed by atoms with Gasteiger partial charge >= 0.3 is 13.1 Å². The van der Waals surface area contributed by atoms with Gasteiger partial charge < -0.3 is 14.8 Å². The molecule has 0 aliphatic carbocycles. The van der Waals surface area contributed by atoms with E-state index in [9.17, 15) is 4.79 Å². The fourth-order valence-electron chi connectivity index (χ4n) is 1.36. The molecule has 0 spiro atoms. The summed E-state index contributed by atoms with van der Waals surface area (Å²) in [7, 11) is -0.291. The van der Waals surface area contributed by atoms with Gasteiger partial charge in [-0.1, -0.05) is 30.3 Å². The first-order valence-electron chi connectivity index (χ1n) is 4.63. The maximum Gasteiger partial charge on any atom is 0.460 e. The van der Waals surface area contributed by atoms with E-state index >= 15 is 0 Å². The van der Waals surface area contributed by atoms with E-state index in [4.69, 9.17) is 10.0 Å². The smallest absolute Gasteiger partial charge is 0.460 e. The predicted octanol–water partition coefficient (Wildman–Crippen LogP) is 0.345. The number of carbonyl (C=O) groups excluding carboxylic acids is 1. The van der Waals surface area contributed by atoms with Crippen molar-refractivity contribution in [2.75, 3.05) is 7.11 Å². The van der Waals surface area contributed by atoms with Crippen LogP contribution in [0.1, 0.15) is 17.8 Å². The highest BCUT2D eigenvalue weighted by atomic mass is 16.5. The molecule has 0 fully saturated rings. The SMILES string of the molecule is COC(=O)CC(B(O)O)c1ccccc1. The third kappa shape index (κ3) is 3.38. The molecular formula is C10H13BO4. The minimum atomic E-state index is -1.56. The fraction of sp³-hybridized carbons (Fsp3) is 0.300. The average Bonchev–Trinajstić information content (AvgIpc) is 2.26. The van der Waals surface area contributed by atoms with Crippen LogP contribution in [0.5, 0.6) is 0 Å². The Kier molecular flexibility index (Phi) is 4.33. The Morgan fingerprint density at radius 1 is 1.40 bits per heavy atom. The zero-order chi connectivity index (χ0) is 11.3. The summed E-state index contributed by atoms with van der Waals surface area (Å²) >= 11 is 0. The summed E-state index contributed by atoms with van der Waals surface area (Å²) in [5.41, 5.74) is 0.706.